The Bertz CT molecular complexity index is 542. The third kappa shape index (κ3) is 4.06. The molecule has 1 N–H and O–H groups in total. The molecule has 2 aromatic rings. The second kappa shape index (κ2) is 7.81. The largest absolute Gasteiger partial charge is 0.496 e. The molecule has 21 heavy (non-hydrogen) atoms. The molecule has 0 spiro atoms. The Labute approximate surface area is 127 Å². The number of likely N-dealkylation sites (N-methyl/N-ethyl adjacent to an activating group) is 2. The van der Waals surface area contributed by atoms with E-state index in [9.17, 15) is 0 Å². The lowest BCUT2D eigenvalue weighted by Crippen LogP contribution is -2.31. The van der Waals surface area contributed by atoms with Crippen LogP contribution in [0.4, 0.5) is 0 Å². The average Bonchev–Trinajstić information content (AvgIpc) is 2.53. The van der Waals surface area contributed by atoms with E-state index in [-0.39, 0.29) is 0 Å². The van der Waals surface area contributed by atoms with E-state index >= 15 is 0 Å². The molecule has 2 rings (SSSR count). The van der Waals surface area contributed by atoms with Crippen molar-refractivity contribution in [2.45, 2.75) is 12.6 Å². The van der Waals surface area contributed by atoms with Crippen LogP contribution in [0.5, 0.6) is 5.75 Å². The van der Waals surface area contributed by atoms with Crippen LogP contribution in [0.3, 0.4) is 0 Å². The molecule has 0 aliphatic carbocycles. The summed E-state index contributed by atoms with van der Waals surface area (Å²) >= 11 is 0. The molecule has 0 aliphatic heterocycles. The maximum absolute atomic E-state index is 5.45. The van der Waals surface area contributed by atoms with Crippen LogP contribution in [0, 0.1) is 0 Å². The average molecular weight is 284 g/mol. The summed E-state index contributed by atoms with van der Waals surface area (Å²) in [5.41, 5.74) is 2.53. The molecular formula is C18H24N2O. The summed E-state index contributed by atoms with van der Waals surface area (Å²) < 4.78 is 5.45. The lowest BCUT2D eigenvalue weighted by Gasteiger charge is -2.29. The predicted molar refractivity (Wildman–Crippen MR) is 87.6 cm³/mol. The van der Waals surface area contributed by atoms with E-state index in [0.717, 1.165) is 18.8 Å². The molecule has 112 valence electrons. The molecule has 3 heteroatoms. The number of hydrogen-bond donors (Lipinski definition) is 1. The molecule has 0 fully saturated rings. The predicted octanol–water partition coefficient (Wildman–Crippen LogP) is 3.09. The fourth-order valence-electron chi connectivity index (χ4n) is 2.61. The maximum atomic E-state index is 5.45. The van der Waals surface area contributed by atoms with Crippen molar-refractivity contribution in [2.75, 3.05) is 27.7 Å². The zero-order valence-electron chi connectivity index (χ0n) is 13.0. The highest BCUT2D eigenvalue weighted by Crippen LogP contribution is 2.24. The van der Waals surface area contributed by atoms with Gasteiger partial charge in [0.2, 0.25) is 0 Å². The highest BCUT2D eigenvalue weighted by molar-refractivity contribution is 5.33. The van der Waals surface area contributed by atoms with Gasteiger partial charge in [-0.1, -0.05) is 48.5 Å². The van der Waals surface area contributed by atoms with Crippen molar-refractivity contribution in [3.63, 3.8) is 0 Å². The van der Waals surface area contributed by atoms with Gasteiger partial charge in [0.1, 0.15) is 5.75 Å². The second-order valence-corrected chi connectivity index (χ2v) is 5.21. The van der Waals surface area contributed by atoms with Gasteiger partial charge in [0, 0.05) is 24.7 Å². The van der Waals surface area contributed by atoms with E-state index in [1.165, 1.54) is 11.1 Å². The molecule has 2 aromatic carbocycles. The SMILES string of the molecule is CNCC(c1ccccc1)N(C)Cc1ccccc1OC. The lowest BCUT2D eigenvalue weighted by molar-refractivity contribution is 0.230. The van der Waals surface area contributed by atoms with Crippen LogP contribution < -0.4 is 10.1 Å². The molecule has 0 aliphatic rings. The monoisotopic (exact) mass is 284 g/mol. The van der Waals surface area contributed by atoms with Crippen molar-refractivity contribution in [2.24, 2.45) is 0 Å². The fraction of sp³-hybridized carbons (Fsp3) is 0.333. The summed E-state index contributed by atoms with van der Waals surface area (Å²) in [5.74, 6) is 0.945. The van der Waals surface area contributed by atoms with Gasteiger partial charge in [-0.2, -0.15) is 0 Å². The number of para-hydroxylation sites is 1. The van der Waals surface area contributed by atoms with Gasteiger partial charge >= 0.3 is 0 Å². The molecule has 0 aromatic heterocycles. The number of rotatable bonds is 7. The first-order chi connectivity index (χ1) is 10.3. The van der Waals surface area contributed by atoms with Crippen molar-refractivity contribution in [3.05, 3.63) is 65.7 Å². The minimum absolute atomic E-state index is 0.334. The summed E-state index contributed by atoms with van der Waals surface area (Å²) in [6.07, 6.45) is 0. The number of ether oxygens (including phenoxy) is 1. The van der Waals surface area contributed by atoms with E-state index in [1.54, 1.807) is 7.11 Å². The van der Waals surface area contributed by atoms with Gasteiger partial charge in [0.25, 0.3) is 0 Å². The number of methoxy groups -OCH3 is 1. The third-order valence-corrected chi connectivity index (χ3v) is 3.73. The first-order valence-corrected chi connectivity index (χ1v) is 7.28. The van der Waals surface area contributed by atoms with E-state index in [4.69, 9.17) is 4.74 Å². The molecule has 0 saturated carbocycles. The van der Waals surface area contributed by atoms with Crippen LogP contribution in [-0.2, 0) is 6.54 Å². The summed E-state index contributed by atoms with van der Waals surface area (Å²) in [4.78, 5) is 2.35. The molecule has 0 radical (unpaired) electrons. The highest BCUT2D eigenvalue weighted by atomic mass is 16.5. The van der Waals surface area contributed by atoms with Crippen molar-refractivity contribution >= 4 is 0 Å². The molecule has 1 unspecified atom stereocenters. The van der Waals surface area contributed by atoms with Crippen LogP contribution in [0.15, 0.2) is 54.6 Å². The van der Waals surface area contributed by atoms with Gasteiger partial charge in [-0.15, -0.1) is 0 Å². The van der Waals surface area contributed by atoms with Gasteiger partial charge < -0.3 is 10.1 Å². The Morgan fingerprint density at radius 1 is 1.05 bits per heavy atom. The zero-order chi connectivity index (χ0) is 15.1. The molecule has 0 saturated heterocycles. The van der Waals surface area contributed by atoms with Gasteiger partial charge in [-0.05, 0) is 25.7 Å². The Balaban J connectivity index is 2.17. The number of hydrogen-bond acceptors (Lipinski definition) is 3. The summed E-state index contributed by atoms with van der Waals surface area (Å²) in [7, 11) is 5.87. The topological polar surface area (TPSA) is 24.5 Å². The van der Waals surface area contributed by atoms with Crippen LogP contribution >= 0.6 is 0 Å². The van der Waals surface area contributed by atoms with Gasteiger partial charge in [-0.3, -0.25) is 4.90 Å². The van der Waals surface area contributed by atoms with Gasteiger partial charge in [-0.25, -0.2) is 0 Å². The second-order valence-electron chi connectivity index (χ2n) is 5.21. The molecule has 1 atom stereocenters. The molecule has 3 nitrogen and oxygen atoms in total. The molecule has 0 amide bonds. The Kier molecular flexibility index (Phi) is 5.78. The quantitative estimate of drug-likeness (QED) is 0.845. The van der Waals surface area contributed by atoms with Crippen LogP contribution in [0.25, 0.3) is 0 Å². The minimum Gasteiger partial charge on any atom is -0.496 e. The highest BCUT2D eigenvalue weighted by Gasteiger charge is 2.17. The number of nitrogens with zero attached hydrogens (tertiary/aromatic N) is 1. The van der Waals surface area contributed by atoms with Crippen LogP contribution in [0.2, 0.25) is 0 Å². The standard InChI is InChI=1S/C18H24N2O/c1-19-13-17(15-9-5-4-6-10-15)20(2)14-16-11-7-8-12-18(16)21-3/h4-12,17,19H,13-14H2,1-3H3. The number of nitrogens with one attached hydrogen (secondary N) is 1. The summed E-state index contributed by atoms with van der Waals surface area (Å²) in [5, 5.41) is 3.29. The Morgan fingerprint density at radius 2 is 1.71 bits per heavy atom. The Hall–Kier alpha value is -1.84. The van der Waals surface area contributed by atoms with Crippen LogP contribution in [-0.4, -0.2) is 32.6 Å². The summed E-state index contributed by atoms with van der Waals surface area (Å²) in [6.45, 7) is 1.76. The van der Waals surface area contributed by atoms with E-state index in [1.807, 2.05) is 19.2 Å². The van der Waals surface area contributed by atoms with E-state index in [2.05, 4.69) is 59.7 Å². The van der Waals surface area contributed by atoms with E-state index < -0.39 is 0 Å². The third-order valence-electron chi connectivity index (χ3n) is 3.73. The minimum atomic E-state index is 0.334. The van der Waals surface area contributed by atoms with Gasteiger partial charge in [0.05, 0.1) is 7.11 Å². The first kappa shape index (κ1) is 15.5. The summed E-state index contributed by atoms with van der Waals surface area (Å²) in [6, 6.07) is 19.1. The molecule has 0 heterocycles. The Morgan fingerprint density at radius 3 is 2.38 bits per heavy atom. The maximum Gasteiger partial charge on any atom is 0.123 e. The van der Waals surface area contributed by atoms with E-state index in [0.29, 0.717) is 6.04 Å². The first-order valence-electron chi connectivity index (χ1n) is 7.28. The van der Waals surface area contributed by atoms with Crippen molar-refractivity contribution < 1.29 is 4.74 Å². The van der Waals surface area contributed by atoms with Gasteiger partial charge in [0.15, 0.2) is 0 Å². The smallest absolute Gasteiger partial charge is 0.123 e. The van der Waals surface area contributed by atoms with Crippen molar-refractivity contribution in [3.8, 4) is 5.75 Å². The normalized spacial score (nSPS) is 12.4. The van der Waals surface area contributed by atoms with Crippen LogP contribution in [0.1, 0.15) is 17.2 Å². The molecular weight excluding hydrogens is 260 g/mol. The zero-order valence-corrected chi connectivity index (χ0v) is 13.0. The number of benzene rings is 2. The molecule has 0 bridgehead atoms. The van der Waals surface area contributed by atoms with Crippen molar-refractivity contribution in [1.82, 2.24) is 10.2 Å². The van der Waals surface area contributed by atoms with Crippen molar-refractivity contribution in [1.29, 1.82) is 0 Å². The lowest BCUT2D eigenvalue weighted by atomic mass is 10.0. The fourth-order valence-corrected chi connectivity index (χ4v) is 2.61.